The molecule has 0 bridgehead atoms. The number of hydrogen-bond donors (Lipinski definition) is 0. The number of halogens is 3. The Morgan fingerprint density at radius 1 is 1.25 bits per heavy atom. The van der Waals surface area contributed by atoms with Gasteiger partial charge in [0.1, 0.15) is 0 Å². The first-order chi connectivity index (χ1) is 13.1. The number of anilines is 1. The molecule has 0 amide bonds. The van der Waals surface area contributed by atoms with E-state index in [1.165, 1.54) is 0 Å². The zero-order valence-electron chi connectivity index (χ0n) is 13.7. The van der Waals surface area contributed by atoms with Gasteiger partial charge in [0.05, 0.1) is 27.9 Å². The molecule has 0 aliphatic carbocycles. The van der Waals surface area contributed by atoms with Crippen molar-refractivity contribution in [2.75, 3.05) is 31.2 Å². The molecule has 0 atom stereocenters. The van der Waals surface area contributed by atoms with Crippen LogP contribution in [0.5, 0.6) is 0 Å². The van der Waals surface area contributed by atoms with Crippen molar-refractivity contribution in [2.24, 2.45) is 0 Å². The molecule has 1 aliphatic rings. The molecule has 1 saturated heterocycles. The third-order valence-electron chi connectivity index (χ3n) is 3.62. The van der Waals surface area contributed by atoms with Crippen molar-refractivity contribution in [3.8, 4) is 0 Å². The maximum absolute atomic E-state index is 12.7. The molecule has 15 heteroatoms. The Kier molecular flexibility index (Phi) is 5.79. The molecule has 1 aromatic heterocycles. The number of benzene rings is 1. The molecule has 0 N–H and O–H groups in total. The van der Waals surface area contributed by atoms with Crippen molar-refractivity contribution >= 4 is 43.8 Å². The minimum atomic E-state index is -5.69. The van der Waals surface area contributed by atoms with Gasteiger partial charge in [-0.3, -0.25) is 10.1 Å². The molecular weight excluding hydrogens is 445 g/mol. The summed E-state index contributed by atoms with van der Waals surface area (Å²) in [4.78, 5) is 11.0. The summed E-state index contributed by atoms with van der Waals surface area (Å²) < 4.78 is 66.6. The number of alkyl halides is 3. The zero-order chi connectivity index (χ0) is 20.5. The first-order valence-corrected chi connectivity index (χ1v) is 10.6. The van der Waals surface area contributed by atoms with Gasteiger partial charge in [0.2, 0.25) is 5.13 Å². The number of nitro groups is 1. The van der Waals surface area contributed by atoms with Gasteiger partial charge in [-0.15, -0.1) is 10.2 Å². The van der Waals surface area contributed by atoms with Gasteiger partial charge in [0.25, 0.3) is 15.5 Å². The van der Waals surface area contributed by atoms with E-state index in [1.54, 1.807) is 0 Å². The standard InChI is InChI=1S/C13H11F3N4O5S3/c14-13(15,16)28(23,24)8-1-2-10(9(7-8)20(21)22)26-12-18-17-11(27-12)19-3-5-25-6-4-19/h1-2,7H,3-6H2. The van der Waals surface area contributed by atoms with Crippen molar-refractivity contribution in [2.45, 2.75) is 19.6 Å². The highest BCUT2D eigenvalue weighted by molar-refractivity contribution is 8.01. The smallest absolute Gasteiger partial charge is 0.378 e. The fraction of sp³-hybridized carbons (Fsp3) is 0.385. The number of nitro benzene ring substituents is 1. The monoisotopic (exact) mass is 456 g/mol. The molecule has 1 aliphatic heterocycles. The Hall–Kier alpha value is -1.97. The van der Waals surface area contributed by atoms with Crippen molar-refractivity contribution in [1.82, 2.24) is 10.2 Å². The summed E-state index contributed by atoms with van der Waals surface area (Å²) in [5, 5.41) is 19.8. The van der Waals surface area contributed by atoms with Gasteiger partial charge in [-0.05, 0) is 23.9 Å². The Balaban J connectivity index is 1.88. The summed E-state index contributed by atoms with van der Waals surface area (Å²) in [5.74, 6) is 0. The number of hydrogen-bond acceptors (Lipinski definition) is 10. The fourth-order valence-corrected chi connectivity index (χ4v) is 4.96. The summed E-state index contributed by atoms with van der Waals surface area (Å²) in [5.41, 5.74) is -6.32. The van der Waals surface area contributed by atoms with Crippen LogP contribution in [0.15, 0.2) is 32.3 Å². The van der Waals surface area contributed by atoms with Crippen LogP contribution in [0.3, 0.4) is 0 Å². The number of ether oxygens (including phenoxy) is 1. The fourth-order valence-electron chi connectivity index (χ4n) is 2.25. The molecule has 152 valence electrons. The minimum absolute atomic E-state index is 0.0456. The van der Waals surface area contributed by atoms with Crippen LogP contribution in [0.1, 0.15) is 0 Å². The second-order valence-corrected chi connectivity index (χ2v) is 9.57. The third kappa shape index (κ3) is 4.21. The molecule has 1 aromatic carbocycles. The van der Waals surface area contributed by atoms with Crippen LogP contribution < -0.4 is 4.90 Å². The molecule has 28 heavy (non-hydrogen) atoms. The van der Waals surface area contributed by atoms with Crippen LogP contribution in [-0.4, -0.2) is 55.4 Å². The van der Waals surface area contributed by atoms with Crippen LogP contribution in [-0.2, 0) is 14.6 Å². The van der Waals surface area contributed by atoms with Gasteiger partial charge in [-0.2, -0.15) is 13.2 Å². The second kappa shape index (κ2) is 7.81. The lowest BCUT2D eigenvalue weighted by Gasteiger charge is -2.25. The Morgan fingerprint density at radius 3 is 2.54 bits per heavy atom. The van der Waals surface area contributed by atoms with Gasteiger partial charge < -0.3 is 9.64 Å². The Labute approximate surface area is 164 Å². The average molecular weight is 456 g/mol. The molecule has 9 nitrogen and oxygen atoms in total. The van der Waals surface area contributed by atoms with Gasteiger partial charge in [0.15, 0.2) is 4.34 Å². The molecule has 0 radical (unpaired) electrons. The van der Waals surface area contributed by atoms with E-state index < -0.39 is 30.9 Å². The molecule has 2 heterocycles. The van der Waals surface area contributed by atoms with Crippen molar-refractivity contribution in [1.29, 1.82) is 0 Å². The lowest BCUT2D eigenvalue weighted by atomic mass is 10.3. The van der Waals surface area contributed by atoms with Gasteiger partial charge in [-0.25, -0.2) is 8.42 Å². The number of sulfone groups is 1. The van der Waals surface area contributed by atoms with Gasteiger partial charge in [-0.1, -0.05) is 11.3 Å². The van der Waals surface area contributed by atoms with Crippen molar-refractivity contribution in [3.63, 3.8) is 0 Å². The van der Waals surface area contributed by atoms with E-state index in [1.807, 2.05) is 4.90 Å². The normalized spacial score (nSPS) is 15.6. The summed E-state index contributed by atoms with van der Waals surface area (Å²) in [6.45, 7) is 2.29. The number of morpholine rings is 1. The highest BCUT2D eigenvalue weighted by Crippen LogP contribution is 2.40. The highest BCUT2D eigenvalue weighted by atomic mass is 32.2. The summed E-state index contributed by atoms with van der Waals surface area (Å²) >= 11 is 1.98. The van der Waals surface area contributed by atoms with Crippen LogP contribution in [0.25, 0.3) is 0 Å². The van der Waals surface area contributed by atoms with Crippen LogP contribution >= 0.6 is 23.1 Å². The van der Waals surface area contributed by atoms with Crippen molar-refractivity contribution in [3.05, 3.63) is 28.3 Å². The lowest BCUT2D eigenvalue weighted by molar-refractivity contribution is -0.388. The Morgan fingerprint density at radius 2 is 1.93 bits per heavy atom. The Bertz CT molecular complexity index is 990. The molecular formula is C13H11F3N4O5S3. The topological polar surface area (TPSA) is 116 Å². The number of nitrogens with zero attached hydrogens (tertiary/aromatic N) is 4. The van der Waals surface area contributed by atoms with E-state index in [9.17, 15) is 31.7 Å². The largest absolute Gasteiger partial charge is 0.501 e. The maximum Gasteiger partial charge on any atom is 0.501 e. The second-order valence-electron chi connectivity index (χ2n) is 5.39. The summed E-state index contributed by atoms with van der Waals surface area (Å²) in [6.07, 6.45) is 0. The number of rotatable bonds is 5. The van der Waals surface area contributed by atoms with Crippen LogP contribution in [0.2, 0.25) is 0 Å². The predicted octanol–water partition coefficient (Wildman–Crippen LogP) is 2.73. The molecule has 3 rings (SSSR count). The van der Waals surface area contributed by atoms with E-state index in [2.05, 4.69) is 10.2 Å². The van der Waals surface area contributed by atoms with E-state index in [0.717, 1.165) is 29.2 Å². The minimum Gasteiger partial charge on any atom is -0.378 e. The average Bonchev–Trinajstić information content (AvgIpc) is 3.10. The van der Waals surface area contributed by atoms with E-state index >= 15 is 0 Å². The predicted molar refractivity (Wildman–Crippen MR) is 93.4 cm³/mol. The zero-order valence-corrected chi connectivity index (χ0v) is 16.2. The highest BCUT2D eigenvalue weighted by Gasteiger charge is 2.47. The molecule has 0 spiro atoms. The maximum atomic E-state index is 12.7. The van der Waals surface area contributed by atoms with E-state index in [0.29, 0.717) is 47.9 Å². The first-order valence-electron chi connectivity index (χ1n) is 7.53. The third-order valence-corrected chi connectivity index (χ3v) is 7.20. The molecule has 0 unspecified atom stereocenters. The first kappa shape index (κ1) is 20.8. The van der Waals surface area contributed by atoms with E-state index in [-0.39, 0.29) is 4.90 Å². The summed E-state index contributed by atoms with van der Waals surface area (Å²) in [6, 6.07) is 2.04. The molecule has 2 aromatic rings. The molecule has 0 saturated carbocycles. The van der Waals surface area contributed by atoms with Gasteiger partial charge in [0, 0.05) is 19.2 Å². The molecule has 1 fully saturated rings. The SMILES string of the molecule is O=[N+]([O-])c1cc(S(=O)(=O)C(F)(F)F)ccc1Sc1nnc(N2CCOCC2)s1. The van der Waals surface area contributed by atoms with Crippen LogP contribution in [0.4, 0.5) is 24.0 Å². The number of aromatic nitrogens is 2. The van der Waals surface area contributed by atoms with Gasteiger partial charge >= 0.3 is 5.51 Å². The quantitative estimate of drug-likeness (QED) is 0.495. The summed E-state index contributed by atoms with van der Waals surface area (Å²) in [7, 11) is -5.69. The van der Waals surface area contributed by atoms with Crippen molar-refractivity contribution < 1.29 is 31.2 Å². The van der Waals surface area contributed by atoms with Crippen LogP contribution in [0, 0.1) is 10.1 Å². The lowest BCUT2D eigenvalue weighted by Crippen LogP contribution is -2.36. The van der Waals surface area contributed by atoms with E-state index in [4.69, 9.17) is 4.74 Å².